The smallest absolute Gasteiger partial charge is 0.225 e. The molecule has 1 fully saturated rings. The maximum atomic E-state index is 10.1. The van der Waals surface area contributed by atoms with Crippen LogP contribution in [0.4, 0.5) is 5.95 Å². The number of benzene rings is 2. The molecule has 0 amide bonds. The van der Waals surface area contributed by atoms with E-state index in [9.17, 15) is 5.11 Å². The van der Waals surface area contributed by atoms with Crippen LogP contribution in [0.25, 0.3) is 22.0 Å². The first-order valence-corrected chi connectivity index (χ1v) is 9.77. The average molecular weight is 361 g/mol. The molecule has 1 N–H and O–H groups in total. The van der Waals surface area contributed by atoms with E-state index in [0.29, 0.717) is 5.92 Å². The molecule has 4 heteroatoms. The van der Waals surface area contributed by atoms with Gasteiger partial charge in [-0.2, -0.15) is 0 Å². The molecule has 0 radical (unpaired) electrons. The Hall–Kier alpha value is -2.46. The van der Waals surface area contributed by atoms with Crippen molar-refractivity contribution in [3.63, 3.8) is 0 Å². The van der Waals surface area contributed by atoms with Gasteiger partial charge in [-0.3, -0.25) is 0 Å². The lowest BCUT2D eigenvalue weighted by molar-refractivity contribution is 0.0482. The number of hydrogen-bond donors (Lipinski definition) is 1. The molecule has 0 aliphatic carbocycles. The van der Waals surface area contributed by atoms with Crippen molar-refractivity contribution in [2.45, 2.75) is 38.7 Å². The largest absolute Gasteiger partial charge is 0.390 e. The van der Waals surface area contributed by atoms with Crippen molar-refractivity contribution in [3.05, 3.63) is 54.7 Å². The van der Waals surface area contributed by atoms with Crippen molar-refractivity contribution in [2.24, 2.45) is 5.92 Å². The lowest BCUT2D eigenvalue weighted by Gasteiger charge is -2.34. The van der Waals surface area contributed by atoms with Gasteiger partial charge in [0.25, 0.3) is 0 Å². The molecule has 27 heavy (non-hydrogen) atoms. The number of anilines is 1. The first-order chi connectivity index (χ1) is 13.0. The molecule has 2 heterocycles. The molecule has 1 aliphatic rings. The van der Waals surface area contributed by atoms with Crippen LogP contribution < -0.4 is 4.90 Å². The Bertz CT molecular complexity index is 924. The van der Waals surface area contributed by atoms with E-state index in [1.165, 1.54) is 10.8 Å². The second kappa shape index (κ2) is 7.28. The van der Waals surface area contributed by atoms with E-state index in [2.05, 4.69) is 52.3 Å². The summed E-state index contributed by atoms with van der Waals surface area (Å²) in [4.78, 5) is 11.6. The average Bonchev–Trinajstić information content (AvgIpc) is 2.67. The van der Waals surface area contributed by atoms with Crippen LogP contribution in [0.15, 0.2) is 54.7 Å². The zero-order chi connectivity index (χ0) is 18.9. The lowest BCUT2D eigenvalue weighted by atomic mass is 9.86. The third-order valence-corrected chi connectivity index (χ3v) is 5.37. The fourth-order valence-corrected chi connectivity index (χ4v) is 4.05. The van der Waals surface area contributed by atoms with E-state index in [1.54, 1.807) is 0 Å². The van der Waals surface area contributed by atoms with Crippen molar-refractivity contribution < 1.29 is 5.11 Å². The molecular weight excluding hydrogens is 334 g/mol. The van der Waals surface area contributed by atoms with Crippen molar-refractivity contribution >= 4 is 16.7 Å². The van der Waals surface area contributed by atoms with Gasteiger partial charge in [-0.15, -0.1) is 0 Å². The van der Waals surface area contributed by atoms with Crippen LogP contribution in [0.1, 0.15) is 33.1 Å². The summed E-state index contributed by atoms with van der Waals surface area (Å²) in [7, 11) is 0. The molecule has 140 valence electrons. The number of fused-ring (bicyclic) bond motifs is 1. The lowest BCUT2D eigenvalue weighted by Crippen LogP contribution is -2.37. The third-order valence-electron chi connectivity index (χ3n) is 5.37. The minimum absolute atomic E-state index is 0.574. The van der Waals surface area contributed by atoms with Crippen molar-refractivity contribution in [3.8, 4) is 11.3 Å². The normalized spacial score (nSPS) is 16.0. The van der Waals surface area contributed by atoms with Gasteiger partial charge in [0.15, 0.2) is 0 Å². The van der Waals surface area contributed by atoms with Crippen molar-refractivity contribution in [1.82, 2.24) is 9.97 Å². The number of rotatable bonds is 4. The van der Waals surface area contributed by atoms with Gasteiger partial charge in [0.05, 0.1) is 11.3 Å². The predicted octanol–water partition coefficient (Wildman–Crippen LogP) is 4.67. The molecule has 0 spiro atoms. The van der Waals surface area contributed by atoms with E-state index in [1.807, 2.05) is 26.1 Å². The number of nitrogens with zero attached hydrogens (tertiary/aromatic N) is 3. The summed E-state index contributed by atoms with van der Waals surface area (Å²) in [5.74, 6) is 1.38. The molecular formula is C23H27N3O. The molecule has 2 aromatic carbocycles. The van der Waals surface area contributed by atoms with Crippen molar-refractivity contribution in [1.29, 1.82) is 0 Å². The topological polar surface area (TPSA) is 49.2 Å². The van der Waals surface area contributed by atoms with Crippen LogP contribution in [0.5, 0.6) is 0 Å². The van der Waals surface area contributed by atoms with Crippen LogP contribution in [0.2, 0.25) is 0 Å². The maximum absolute atomic E-state index is 10.1. The highest BCUT2D eigenvalue weighted by Crippen LogP contribution is 2.29. The Balaban J connectivity index is 1.51. The van der Waals surface area contributed by atoms with Crippen LogP contribution in [0, 0.1) is 5.92 Å². The summed E-state index contributed by atoms with van der Waals surface area (Å²) in [5.41, 5.74) is 1.50. The van der Waals surface area contributed by atoms with Crippen LogP contribution in [0.3, 0.4) is 0 Å². The van der Waals surface area contributed by atoms with E-state index >= 15 is 0 Å². The second-order valence-electron chi connectivity index (χ2n) is 8.25. The Morgan fingerprint density at radius 1 is 1.04 bits per heavy atom. The van der Waals surface area contributed by atoms with E-state index in [0.717, 1.165) is 49.6 Å². The Kier molecular flexibility index (Phi) is 4.83. The van der Waals surface area contributed by atoms with Gasteiger partial charge in [0.1, 0.15) is 0 Å². The van der Waals surface area contributed by atoms with E-state index in [4.69, 9.17) is 4.98 Å². The summed E-state index contributed by atoms with van der Waals surface area (Å²) >= 11 is 0. The summed E-state index contributed by atoms with van der Waals surface area (Å²) in [6.45, 7) is 5.69. The fourth-order valence-electron chi connectivity index (χ4n) is 4.05. The van der Waals surface area contributed by atoms with Gasteiger partial charge < -0.3 is 10.0 Å². The van der Waals surface area contributed by atoms with Gasteiger partial charge >= 0.3 is 0 Å². The van der Waals surface area contributed by atoms with Crippen LogP contribution >= 0.6 is 0 Å². The van der Waals surface area contributed by atoms with Gasteiger partial charge in [-0.1, -0.05) is 36.4 Å². The SMILES string of the molecule is CC(C)(O)CC1CCN(c2nccc(-c3ccc4ccccc4c3)n2)CC1. The zero-order valence-corrected chi connectivity index (χ0v) is 16.1. The molecule has 1 aromatic heterocycles. The molecule has 3 aromatic rings. The zero-order valence-electron chi connectivity index (χ0n) is 16.1. The minimum atomic E-state index is -0.584. The molecule has 4 rings (SSSR count). The predicted molar refractivity (Wildman–Crippen MR) is 111 cm³/mol. The summed E-state index contributed by atoms with van der Waals surface area (Å²) in [6.07, 6.45) is 4.87. The highest BCUT2D eigenvalue weighted by Gasteiger charge is 2.26. The first-order valence-electron chi connectivity index (χ1n) is 9.77. The Morgan fingerprint density at radius 3 is 2.52 bits per heavy atom. The van der Waals surface area contributed by atoms with Crippen LogP contribution in [-0.4, -0.2) is 33.8 Å². The molecule has 4 nitrogen and oxygen atoms in total. The summed E-state index contributed by atoms with van der Waals surface area (Å²) in [5, 5.41) is 12.5. The summed E-state index contributed by atoms with van der Waals surface area (Å²) in [6, 6.07) is 16.8. The second-order valence-corrected chi connectivity index (χ2v) is 8.25. The number of hydrogen-bond acceptors (Lipinski definition) is 4. The monoisotopic (exact) mass is 361 g/mol. The highest BCUT2D eigenvalue weighted by molar-refractivity contribution is 5.86. The third kappa shape index (κ3) is 4.28. The molecule has 0 atom stereocenters. The maximum Gasteiger partial charge on any atom is 0.225 e. The van der Waals surface area contributed by atoms with Crippen LogP contribution in [-0.2, 0) is 0 Å². The molecule has 1 saturated heterocycles. The Morgan fingerprint density at radius 2 is 1.78 bits per heavy atom. The van der Waals surface area contributed by atoms with Gasteiger partial charge in [-0.25, -0.2) is 9.97 Å². The van der Waals surface area contributed by atoms with E-state index in [-0.39, 0.29) is 0 Å². The number of piperidine rings is 1. The Labute approximate surface area is 160 Å². The number of aliphatic hydroxyl groups is 1. The first kappa shape index (κ1) is 17.9. The standard InChI is InChI=1S/C23H27N3O/c1-23(2,27)16-17-10-13-26(14-11-17)22-24-12-9-21(25-22)20-8-7-18-5-3-4-6-19(18)15-20/h3-9,12,15,17,27H,10-11,13-14,16H2,1-2H3. The highest BCUT2D eigenvalue weighted by atomic mass is 16.3. The fraction of sp³-hybridized carbons (Fsp3) is 0.391. The van der Waals surface area contributed by atoms with E-state index < -0.39 is 5.60 Å². The molecule has 0 saturated carbocycles. The van der Waals surface area contributed by atoms with Crippen molar-refractivity contribution in [2.75, 3.05) is 18.0 Å². The van der Waals surface area contributed by atoms with Gasteiger partial charge in [0, 0.05) is 24.8 Å². The minimum Gasteiger partial charge on any atom is -0.390 e. The quantitative estimate of drug-likeness (QED) is 0.733. The number of aromatic nitrogens is 2. The molecule has 1 aliphatic heterocycles. The molecule has 0 bridgehead atoms. The summed E-state index contributed by atoms with van der Waals surface area (Å²) < 4.78 is 0. The molecule has 0 unspecified atom stereocenters. The van der Waals surface area contributed by atoms with Gasteiger partial charge in [-0.05, 0) is 61.9 Å². The van der Waals surface area contributed by atoms with Gasteiger partial charge in [0.2, 0.25) is 5.95 Å².